The number of H-pyrrole nitrogens is 1. The van der Waals surface area contributed by atoms with Gasteiger partial charge in [-0.25, -0.2) is 4.99 Å². The van der Waals surface area contributed by atoms with Gasteiger partial charge in [-0.05, 0) is 25.0 Å². The van der Waals surface area contributed by atoms with Crippen LogP contribution in [-0.2, 0) is 6.54 Å². The van der Waals surface area contributed by atoms with Crippen molar-refractivity contribution in [3.05, 3.63) is 42.2 Å². The quantitative estimate of drug-likeness (QED) is 0.796. The zero-order chi connectivity index (χ0) is 14.8. The van der Waals surface area contributed by atoms with E-state index in [4.69, 9.17) is 4.99 Å². The number of rotatable bonds is 2. The van der Waals surface area contributed by atoms with E-state index in [1.54, 1.807) is 0 Å². The number of anilines is 1. The molecule has 4 rings (SSSR count). The number of benzene rings is 1. The molecule has 2 heterocycles. The normalized spacial score (nSPS) is 19.2. The maximum Gasteiger partial charge on any atom is 0.128 e. The lowest BCUT2D eigenvalue weighted by Gasteiger charge is -2.42. The fraction of sp³-hybridized carbons (Fsp3) is 0.412. The summed E-state index contributed by atoms with van der Waals surface area (Å²) in [6.45, 7) is 0.751. The molecule has 1 aromatic heterocycles. The maximum absolute atomic E-state index is 4.93. The summed E-state index contributed by atoms with van der Waals surface area (Å²) in [4.78, 5) is 4.93. The van der Waals surface area contributed by atoms with Crippen LogP contribution in [-0.4, -0.2) is 21.6 Å². The highest BCUT2D eigenvalue weighted by atomic mass is 15.2. The van der Waals surface area contributed by atoms with Crippen LogP contribution in [0.2, 0.25) is 0 Å². The highest BCUT2D eigenvalue weighted by Gasteiger charge is 2.40. The van der Waals surface area contributed by atoms with Gasteiger partial charge in [-0.15, -0.1) is 0 Å². The molecular formula is C17H21N5. The fourth-order valence-electron chi connectivity index (χ4n) is 3.51. The molecule has 0 saturated heterocycles. The molecule has 0 unspecified atom stereocenters. The topological polar surface area (TPSA) is 65.1 Å². The summed E-state index contributed by atoms with van der Waals surface area (Å²) >= 11 is 0. The fourth-order valence-corrected chi connectivity index (χ4v) is 3.51. The number of aromatic nitrogens is 2. The van der Waals surface area contributed by atoms with Gasteiger partial charge in [0.2, 0.25) is 0 Å². The molecule has 3 N–H and O–H groups in total. The predicted octanol–water partition coefficient (Wildman–Crippen LogP) is 3.36. The Balaban J connectivity index is 1.65. The van der Waals surface area contributed by atoms with Gasteiger partial charge in [0.25, 0.3) is 0 Å². The zero-order valence-corrected chi connectivity index (χ0v) is 12.6. The summed E-state index contributed by atoms with van der Waals surface area (Å²) in [5.41, 5.74) is 3.29. The van der Waals surface area contributed by atoms with Gasteiger partial charge in [-0.3, -0.25) is 5.10 Å². The first-order valence-corrected chi connectivity index (χ1v) is 8.04. The third-order valence-electron chi connectivity index (χ3n) is 4.69. The Labute approximate surface area is 130 Å². The van der Waals surface area contributed by atoms with Crippen LogP contribution in [0.15, 0.2) is 41.7 Å². The van der Waals surface area contributed by atoms with Crippen LogP contribution in [0.25, 0.3) is 0 Å². The SMILES string of the molecule is c1ccc2c(c1)N=C(NCc1cn[nH]c1)C1(CCCCC1)N2. The number of aromatic amines is 1. The van der Waals surface area contributed by atoms with Gasteiger partial charge in [0.1, 0.15) is 5.84 Å². The van der Waals surface area contributed by atoms with E-state index in [2.05, 4.69) is 39.0 Å². The Morgan fingerprint density at radius 2 is 2.00 bits per heavy atom. The monoisotopic (exact) mass is 295 g/mol. The third-order valence-corrected chi connectivity index (χ3v) is 4.69. The van der Waals surface area contributed by atoms with Crippen molar-refractivity contribution in [2.45, 2.75) is 44.2 Å². The minimum atomic E-state index is -0.0314. The molecule has 1 aromatic carbocycles. The van der Waals surface area contributed by atoms with Gasteiger partial charge in [0.15, 0.2) is 0 Å². The molecule has 5 heteroatoms. The smallest absolute Gasteiger partial charge is 0.128 e. The van der Waals surface area contributed by atoms with E-state index in [1.165, 1.54) is 19.3 Å². The summed E-state index contributed by atoms with van der Waals surface area (Å²) in [6, 6.07) is 8.30. The molecule has 0 bridgehead atoms. The lowest BCUT2D eigenvalue weighted by Crippen LogP contribution is -2.54. The second-order valence-electron chi connectivity index (χ2n) is 6.21. The molecule has 1 aliphatic carbocycles. The molecule has 114 valence electrons. The van der Waals surface area contributed by atoms with E-state index in [9.17, 15) is 0 Å². The van der Waals surface area contributed by atoms with Crippen molar-refractivity contribution < 1.29 is 0 Å². The Kier molecular flexibility index (Phi) is 3.33. The van der Waals surface area contributed by atoms with Crippen LogP contribution in [0.1, 0.15) is 37.7 Å². The van der Waals surface area contributed by atoms with E-state index in [0.717, 1.165) is 42.2 Å². The van der Waals surface area contributed by atoms with Crippen molar-refractivity contribution >= 4 is 17.2 Å². The van der Waals surface area contributed by atoms with E-state index >= 15 is 0 Å². The molecule has 2 aliphatic rings. The summed E-state index contributed by atoms with van der Waals surface area (Å²) in [5, 5.41) is 14.2. The number of nitrogens with zero attached hydrogens (tertiary/aromatic N) is 2. The Morgan fingerprint density at radius 1 is 1.14 bits per heavy atom. The third kappa shape index (κ3) is 2.36. The number of hydrogen-bond acceptors (Lipinski definition) is 4. The predicted molar refractivity (Wildman–Crippen MR) is 88.4 cm³/mol. The Bertz CT molecular complexity index is 668. The van der Waals surface area contributed by atoms with E-state index in [-0.39, 0.29) is 5.54 Å². The maximum atomic E-state index is 4.93. The van der Waals surface area contributed by atoms with Crippen molar-refractivity contribution in [2.75, 3.05) is 5.32 Å². The van der Waals surface area contributed by atoms with Crippen LogP contribution < -0.4 is 10.6 Å². The Hall–Kier alpha value is -2.30. The average Bonchev–Trinajstić information content (AvgIpc) is 3.07. The summed E-state index contributed by atoms with van der Waals surface area (Å²) in [6.07, 6.45) is 9.87. The summed E-state index contributed by atoms with van der Waals surface area (Å²) in [5.74, 6) is 1.08. The minimum absolute atomic E-state index is 0.0314. The first-order valence-electron chi connectivity index (χ1n) is 8.04. The van der Waals surface area contributed by atoms with Crippen molar-refractivity contribution in [1.82, 2.24) is 15.5 Å². The second kappa shape index (κ2) is 5.48. The molecule has 1 aliphatic heterocycles. The van der Waals surface area contributed by atoms with Gasteiger partial charge >= 0.3 is 0 Å². The van der Waals surface area contributed by atoms with Gasteiger partial charge in [-0.2, -0.15) is 5.10 Å². The molecule has 0 radical (unpaired) electrons. The second-order valence-corrected chi connectivity index (χ2v) is 6.21. The van der Waals surface area contributed by atoms with Crippen molar-refractivity contribution in [1.29, 1.82) is 0 Å². The summed E-state index contributed by atoms with van der Waals surface area (Å²) in [7, 11) is 0. The van der Waals surface area contributed by atoms with E-state index < -0.39 is 0 Å². The lowest BCUT2D eigenvalue weighted by molar-refractivity contribution is 0.396. The van der Waals surface area contributed by atoms with Gasteiger partial charge < -0.3 is 10.6 Å². The molecule has 1 saturated carbocycles. The zero-order valence-electron chi connectivity index (χ0n) is 12.6. The van der Waals surface area contributed by atoms with E-state index in [0.29, 0.717) is 0 Å². The molecule has 1 fully saturated rings. The molecule has 2 aromatic rings. The van der Waals surface area contributed by atoms with Crippen molar-refractivity contribution in [3.8, 4) is 0 Å². The highest BCUT2D eigenvalue weighted by Crippen LogP contribution is 2.40. The molecular weight excluding hydrogens is 274 g/mol. The first kappa shape index (κ1) is 13.4. The number of amidine groups is 1. The van der Waals surface area contributed by atoms with Crippen LogP contribution in [0.5, 0.6) is 0 Å². The number of aliphatic imine (C=N–C) groups is 1. The van der Waals surface area contributed by atoms with Gasteiger partial charge in [0.05, 0.1) is 23.1 Å². The molecule has 5 nitrogen and oxygen atoms in total. The minimum Gasteiger partial charge on any atom is -0.371 e. The van der Waals surface area contributed by atoms with Gasteiger partial charge in [0, 0.05) is 18.3 Å². The number of para-hydroxylation sites is 2. The largest absolute Gasteiger partial charge is 0.371 e. The van der Waals surface area contributed by atoms with Crippen molar-refractivity contribution in [2.24, 2.45) is 4.99 Å². The summed E-state index contributed by atoms with van der Waals surface area (Å²) < 4.78 is 0. The Morgan fingerprint density at radius 3 is 2.82 bits per heavy atom. The number of fused-ring (bicyclic) bond motifs is 1. The van der Waals surface area contributed by atoms with Crippen LogP contribution in [0.3, 0.4) is 0 Å². The molecule has 0 amide bonds. The van der Waals surface area contributed by atoms with Crippen LogP contribution >= 0.6 is 0 Å². The lowest BCUT2D eigenvalue weighted by atomic mass is 9.79. The highest BCUT2D eigenvalue weighted by molar-refractivity contribution is 6.00. The van der Waals surface area contributed by atoms with Gasteiger partial charge in [-0.1, -0.05) is 31.4 Å². The van der Waals surface area contributed by atoms with Crippen LogP contribution in [0, 0.1) is 0 Å². The van der Waals surface area contributed by atoms with Crippen molar-refractivity contribution in [3.63, 3.8) is 0 Å². The number of hydrogen-bond donors (Lipinski definition) is 3. The average molecular weight is 295 g/mol. The van der Waals surface area contributed by atoms with E-state index in [1.807, 2.05) is 18.5 Å². The standard InChI is InChI=1S/C17H21N5/c1-4-8-17(9-5-1)16(18-10-13-11-19-20-12-13)21-14-6-2-3-7-15(14)22-17/h2-3,6-7,11-12,22H,1,4-5,8-10H2,(H,18,21)(H,19,20). The van der Waals surface area contributed by atoms with Crippen LogP contribution in [0.4, 0.5) is 11.4 Å². The number of nitrogens with one attached hydrogen (secondary N) is 3. The molecule has 0 atom stereocenters. The molecule has 1 spiro atoms. The molecule has 22 heavy (non-hydrogen) atoms. The first-order chi connectivity index (χ1) is 10.9.